The monoisotopic (exact) mass is 291 g/mol. The molecule has 1 heterocycles. The predicted octanol–water partition coefficient (Wildman–Crippen LogP) is 2.64. The Bertz CT molecular complexity index is 569. The summed E-state index contributed by atoms with van der Waals surface area (Å²) in [5.74, 6) is 0.164. The van der Waals surface area contributed by atoms with Gasteiger partial charge in [0.2, 0.25) is 5.91 Å². The van der Waals surface area contributed by atoms with Gasteiger partial charge in [0.05, 0.1) is 25.8 Å². The minimum absolute atomic E-state index is 0.0249. The van der Waals surface area contributed by atoms with E-state index >= 15 is 0 Å². The lowest BCUT2D eigenvalue weighted by atomic mass is 10.1. The number of carbonyl (C=O) groups excluding carboxylic acids is 1. The zero-order valence-corrected chi connectivity index (χ0v) is 11.9. The van der Waals surface area contributed by atoms with Crippen LogP contribution >= 0.6 is 0 Å². The Morgan fingerprint density at radius 2 is 2.10 bits per heavy atom. The second-order valence-corrected chi connectivity index (χ2v) is 4.66. The molecule has 0 saturated carbocycles. The molecule has 0 saturated heterocycles. The highest BCUT2D eigenvalue weighted by atomic mass is 19.1. The maximum absolute atomic E-state index is 13.6. The van der Waals surface area contributed by atoms with Gasteiger partial charge in [-0.25, -0.2) is 4.39 Å². The van der Waals surface area contributed by atoms with Crippen LogP contribution in [0, 0.1) is 5.82 Å². The molecule has 1 aromatic carbocycles. The number of ether oxygens (including phenoxy) is 1. The molecular formula is C16H18FNO3. The molecule has 0 radical (unpaired) electrons. The van der Waals surface area contributed by atoms with Crippen molar-refractivity contribution in [3.8, 4) is 0 Å². The van der Waals surface area contributed by atoms with Crippen LogP contribution in [0.4, 0.5) is 4.39 Å². The third kappa shape index (κ3) is 4.43. The Hall–Kier alpha value is -2.14. The lowest BCUT2D eigenvalue weighted by Gasteiger charge is -2.21. The normalized spacial score (nSPS) is 10.6. The van der Waals surface area contributed by atoms with Gasteiger partial charge in [-0.2, -0.15) is 0 Å². The maximum Gasteiger partial charge on any atom is 0.227 e. The van der Waals surface area contributed by atoms with Gasteiger partial charge in [0.15, 0.2) is 0 Å². The highest BCUT2D eigenvalue weighted by Crippen LogP contribution is 2.11. The van der Waals surface area contributed by atoms with Crippen LogP contribution in [0.5, 0.6) is 0 Å². The summed E-state index contributed by atoms with van der Waals surface area (Å²) in [5.41, 5.74) is 0.393. The van der Waals surface area contributed by atoms with Gasteiger partial charge in [-0.1, -0.05) is 18.2 Å². The van der Waals surface area contributed by atoms with Crippen LogP contribution in [0.3, 0.4) is 0 Å². The smallest absolute Gasteiger partial charge is 0.227 e. The Morgan fingerprint density at radius 3 is 2.76 bits per heavy atom. The van der Waals surface area contributed by atoms with Gasteiger partial charge in [-0.15, -0.1) is 0 Å². The van der Waals surface area contributed by atoms with E-state index in [4.69, 9.17) is 9.15 Å². The van der Waals surface area contributed by atoms with Crippen LogP contribution < -0.4 is 0 Å². The molecule has 0 aliphatic rings. The molecule has 21 heavy (non-hydrogen) atoms. The summed E-state index contributed by atoms with van der Waals surface area (Å²) in [4.78, 5) is 14.0. The van der Waals surface area contributed by atoms with Crippen molar-refractivity contribution in [1.82, 2.24) is 4.90 Å². The summed E-state index contributed by atoms with van der Waals surface area (Å²) in [6.45, 7) is 1.21. The van der Waals surface area contributed by atoms with Crippen LogP contribution in [-0.4, -0.2) is 31.1 Å². The number of halogens is 1. The molecule has 0 N–H and O–H groups in total. The van der Waals surface area contributed by atoms with Gasteiger partial charge < -0.3 is 14.1 Å². The lowest BCUT2D eigenvalue weighted by Crippen LogP contribution is -2.34. The maximum atomic E-state index is 13.6. The van der Waals surface area contributed by atoms with Crippen molar-refractivity contribution in [2.45, 2.75) is 13.0 Å². The summed E-state index contributed by atoms with van der Waals surface area (Å²) in [7, 11) is 1.58. The number of furan rings is 1. The van der Waals surface area contributed by atoms with E-state index in [1.54, 1.807) is 48.6 Å². The van der Waals surface area contributed by atoms with Crippen LogP contribution in [0.1, 0.15) is 11.3 Å². The van der Waals surface area contributed by atoms with E-state index in [0.29, 0.717) is 31.0 Å². The van der Waals surface area contributed by atoms with E-state index in [9.17, 15) is 9.18 Å². The predicted molar refractivity (Wildman–Crippen MR) is 76.1 cm³/mol. The number of methoxy groups -OCH3 is 1. The van der Waals surface area contributed by atoms with Gasteiger partial charge in [-0.05, 0) is 23.8 Å². The summed E-state index contributed by atoms with van der Waals surface area (Å²) in [6, 6.07) is 9.87. The van der Waals surface area contributed by atoms with E-state index < -0.39 is 0 Å². The van der Waals surface area contributed by atoms with Crippen molar-refractivity contribution in [2.24, 2.45) is 0 Å². The van der Waals surface area contributed by atoms with E-state index in [-0.39, 0.29) is 18.1 Å². The largest absolute Gasteiger partial charge is 0.467 e. The molecular weight excluding hydrogens is 273 g/mol. The van der Waals surface area contributed by atoms with E-state index in [0.717, 1.165) is 0 Å². The minimum atomic E-state index is -0.365. The number of hydrogen-bond donors (Lipinski definition) is 0. The first-order chi connectivity index (χ1) is 10.2. The Kier molecular flexibility index (Phi) is 5.51. The molecule has 4 nitrogen and oxygen atoms in total. The van der Waals surface area contributed by atoms with Gasteiger partial charge in [0.1, 0.15) is 11.6 Å². The molecule has 0 bridgehead atoms. The van der Waals surface area contributed by atoms with Crippen molar-refractivity contribution in [1.29, 1.82) is 0 Å². The van der Waals surface area contributed by atoms with E-state index in [1.807, 2.05) is 0 Å². The zero-order chi connectivity index (χ0) is 15.1. The molecule has 2 rings (SSSR count). The van der Waals surface area contributed by atoms with Crippen molar-refractivity contribution >= 4 is 5.91 Å². The topological polar surface area (TPSA) is 42.7 Å². The lowest BCUT2D eigenvalue weighted by molar-refractivity contribution is -0.132. The number of rotatable bonds is 7. The minimum Gasteiger partial charge on any atom is -0.467 e. The highest BCUT2D eigenvalue weighted by Gasteiger charge is 2.17. The molecule has 0 atom stereocenters. The quantitative estimate of drug-likeness (QED) is 0.787. The Balaban J connectivity index is 2.05. The third-order valence-electron chi connectivity index (χ3n) is 3.14. The molecule has 0 spiro atoms. The van der Waals surface area contributed by atoms with E-state index in [1.165, 1.54) is 6.07 Å². The summed E-state index contributed by atoms with van der Waals surface area (Å²) in [5, 5.41) is 0. The molecule has 112 valence electrons. The summed E-state index contributed by atoms with van der Waals surface area (Å²) in [6.07, 6.45) is 1.59. The average molecular weight is 291 g/mol. The molecule has 5 heteroatoms. The fourth-order valence-corrected chi connectivity index (χ4v) is 2.00. The second kappa shape index (κ2) is 7.59. The van der Waals surface area contributed by atoms with Gasteiger partial charge in [-0.3, -0.25) is 4.79 Å². The van der Waals surface area contributed by atoms with Gasteiger partial charge in [0, 0.05) is 13.7 Å². The fourth-order valence-electron chi connectivity index (χ4n) is 2.00. The molecule has 0 unspecified atom stereocenters. The van der Waals surface area contributed by atoms with Crippen molar-refractivity contribution in [3.05, 3.63) is 59.8 Å². The highest BCUT2D eigenvalue weighted by molar-refractivity contribution is 5.78. The van der Waals surface area contributed by atoms with Crippen LogP contribution in [0.2, 0.25) is 0 Å². The summed E-state index contributed by atoms with van der Waals surface area (Å²) >= 11 is 0. The SMILES string of the molecule is COCCN(Cc1ccco1)C(=O)Cc1ccccc1F. The first-order valence-corrected chi connectivity index (χ1v) is 6.73. The zero-order valence-electron chi connectivity index (χ0n) is 11.9. The molecule has 0 aliphatic heterocycles. The number of nitrogens with zero attached hydrogens (tertiary/aromatic N) is 1. The Morgan fingerprint density at radius 1 is 1.29 bits per heavy atom. The van der Waals surface area contributed by atoms with Crippen molar-refractivity contribution < 1.29 is 18.3 Å². The number of benzene rings is 1. The number of carbonyl (C=O) groups is 1. The first kappa shape index (κ1) is 15.3. The molecule has 0 aliphatic carbocycles. The third-order valence-corrected chi connectivity index (χ3v) is 3.14. The first-order valence-electron chi connectivity index (χ1n) is 6.73. The van der Waals surface area contributed by atoms with Gasteiger partial charge >= 0.3 is 0 Å². The molecule has 1 amide bonds. The number of amides is 1. The summed E-state index contributed by atoms with van der Waals surface area (Å²) < 4.78 is 23.9. The van der Waals surface area contributed by atoms with Crippen LogP contribution in [0.15, 0.2) is 47.1 Å². The van der Waals surface area contributed by atoms with Crippen molar-refractivity contribution in [3.63, 3.8) is 0 Å². The van der Waals surface area contributed by atoms with Crippen molar-refractivity contribution in [2.75, 3.05) is 20.3 Å². The average Bonchev–Trinajstić information content (AvgIpc) is 2.98. The number of hydrogen-bond acceptors (Lipinski definition) is 3. The van der Waals surface area contributed by atoms with Crippen LogP contribution in [-0.2, 0) is 22.5 Å². The molecule has 1 aromatic heterocycles. The second-order valence-electron chi connectivity index (χ2n) is 4.66. The fraction of sp³-hybridized carbons (Fsp3) is 0.312. The standard InChI is InChI=1S/C16H18FNO3/c1-20-10-8-18(12-14-6-4-9-21-14)16(19)11-13-5-2-3-7-15(13)17/h2-7,9H,8,10-12H2,1H3. The molecule has 0 fully saturated rings. The Labute approximate surface area is 123 Å². The van der Waals surface area contributed by atoms with E-state index in [2.05, 4.69) is 0 Å². The van der Waals surface area contributed by atoms with Crippen LogP contribution in [0.25, 0.3) is 0 Å². The van der Waals surface area contributed by atoms with Gasteiger partial charge in [0.25, 0.3) is 0 Å². The molecule has 2 aromatic rings.